The van der Waals surface area contributed by atoms with Crippen molar-refractivity contribution in [2.75, 3.05) is 0 Å². The van der Waals surface area contributed by atoms with Crippen LogP contribution in [0.5, 0.6) is 5.75 Å². The number of benzene rings is 2. The standard InChI is InChI=1S/C31H33N5O3/c1-21(2)23-11-13-26(14-12-23)36-29(24-6-5-17-33-20-24)19-25(35-36)7-3-4-8-30(38)34-28(31(32)39)18-22-9-15-27(37)16-10-22/h5-6,9-17,19-20,28,37H,1,3-4,7-8,18H2,2H3,(H2,32,39)(H,34,38)/t28-/m0/s1. The van der Waals surface area contributed by atoms with Crippen LogP contribution in [0.15, 0.2) is 85.7 Å². The van der Waals surface area contributed by atoms with Crippen molar-refractivity contribution >= 4 is 17.4 Å². The lowest BCUT2D eigenvalue weighted by Gasteiger charge is -2.15. The smallest absolute Gasteiger partial charge is 0.240 e. The van der Waals surface area contributed by atoms with E-state index in [-0.39, 0.29) is 24.5 Å². The highest BCUT2D eigenvalue weighted by Gasteiger charge is 2.19. The number of hydrogen-bond acceptors (Lipinski definition) is 5. The molecule has 0 aliphatic rings. The Morgan fingerprint density at radius 2 is 1.82 bits per heavy atom. The summed E-state index contributed by atoms with van der Waals surface area (Å²) in [5, 5.41) is 17.0. The van der Waals surface area contributed by atoms with Crippen molar-refractivity contribution in [2.45, 2.75) is 45.1 Å². The van der Waals surface area contributed by atoms with Gasteiger partial charge in [0.05, 0.1) is 17.1 Å². The lowest BCUT2D eigenvalue weighted by Crippen LogP contribution is -2.45. The number of amides is 2. The van der Waals surface area contributed by atoms with E-state index in [9.17, 15) is 14.7 Å². The second-order valence-corrected chi connectivity index (χ2v) is 9.60. The molecule has 8 heteroatoms. The van der Waals surface area contributed by atoms with E-state index in [0.29, 0.717) is 12.8 Å². The number of unbranched alkanes of at least 4 members (excludes halogenated alkanes) is 1. The largest absolute Gasteiger partial charge is 0.508 e. The molecule has 2 amide bonds. The fourth-order valence-electron chi connectivity index (χ4n) is 4.30. The van der Waals surface area contributed by atoms with Crippen LogP contribution < -0.4 is 11.1 Å². The Morgan fingerprint density at radius 1 is 1.08 bits per heavy atom. The molecule has 0 unspecified atom stereocenters. The quantitative estimate of drug-likeness (QED) is 0.234. The molecule has 0 bridgehead atoms. The molecule has 0 saturated carbocycles. The molecule has 0 saturated heterocycles. The lowest BCUT2D eigenvalue weighted by molar-refractivity contribution is -0.127. The first-order chi connectivity index (χ1) is 18.8. The van der Waals surface area contributed by atoms with E-state index in [1.54, 1.807) is 18.3 Å². The van der Waals surface area contributed by atoms with Crippen LogP contribution in [0.4, 0.5) is 0 Å². The summed E-state index contributed by atoms with van der Waals surface area (Å²) >= 11 is 0. The Balaban J connectivity index is 1.37. The highest BCUT2D eigenvalue weighted by Crippen LogP contribution is 2.25. The third kappa shape index (κ3) is 7.41. The minimum atomic E-state index is -0.809. The summed E-state index contributed by atoms with van der Waals surface area (Å²) in [7, 11) is 0. The minimum Gasteiger partial charge on any atom is -0.508 e. The number of rotatable bonds is 12. The third-order valence-corrected chi connectivity index (χ3v) is 6.46. The van der Waals surface area contributed by atoms with Gasteiger partial charge in [-0.3, -0.25) is 14.6 Å². The van der Waals surface area contributed by atoms with Crippen molar-refractivity contribution in [3.63, 3.8) is 0 Å². The predicted molar refractivity (Wildman–Crippen MR) is 152 cm³/mol. The molecule has 0 radical (unpaired) electrons. The molecule has 0 fully saturated rings. The molecule has 4 aromatic rings. The maximum atomic E-state index is 12.5. The molecule has 2 aromatic carbocycles. The van der Waals surface area contributed by atoms with Gasteiger partial charge in [-0.1, -0.05) is 36.4 Å². The number of carbonyl (C=O) groups is 2. The lowest BCUT2D eigenvalue weighted by atomic mass is 10.0. The van der Waals surface area contributed by atoms with Crippen LogP contribution >= 0.6 is 0 Å². The number of nitrogens with one attached hydrogen (secondary N) is 1. The average Bonchev–Trinajstić information content (AvgIpc) is 3.36. The number of carbonyl (C=O) groups excluding carboxylic acids is 2. The zero-order valence-electron chi connectivity index (χ0n) is 22.0. The van der Waals surface area contributed by atoms with Crippen LogP contribution in [0.3, 0.4) is 0 Å². The SMILES string of the molecule is C=C(C)c1ccc(-n2nc(CCCCC(=O)N[C@@H](Cc3ccc(O)cc3)C(N)=O)cc2-c2cccnc2)cc1. The minimum absolute atomic E-state index is 0.136. The maximum absolute atomic E-state index is 12.5. The van der Waals surface area contributed by atoms with Crippen molar-refractivity contribution in [3.8, 4) is 22.7 Å². The van der Waals surface area contributed by atoms with Crippen LogP contribution in [-0.2, 0) is 22.4 Å². The van der Waals surface area contributed by atoms with Gasteiger partial charge in [0.1, 0.15) is 11.8 Å². The van der Waals surface area contributed by atoms with Gasteiger partial charge >= 0.3 is 0 Å². The zero-order chi connectivity index (χ0) is 27.8. The molecular formula is C31H33N5O3. The van der Waals surface area contributed by atoms with Crippen LogP contribution in [-0.4, -0.2) is 37.7 Å². The van der Waals surface area contributed by atoms with Crippen molar-refractivity contribution in [3.05, 3.63) is 103 Å². The number of hydrogen-bond donors (Lipinski definition) is 3. The molecule has 4 N–H and O–H groups in total. The van der Waals surface area contributed by atoms with Gasteiger partial charge in [-0.2, -0.15) is 5.10 Å². The number of phenols is 1. The summed E-state index contributed by atoms with van der Waals surface area (Å²) in [5.41, 5.74) is 12.1. The number of nitrogens with zero attached hydrogens (tertiary/aromatic N) is 3. The Kier molecular flexibility index (Phi) is 8.89. The van der Waals surface area contributed by atoms with E-state index < -0.39 is 11.9 Å². The topological polar surface area (TPSA) is 123 Å². The number of phenolic OH excluding ortho intramolecular Hbond substituents is 1. The Bertz CT molecular complexity index is 1430. The second-order valence-electron chi connectivity index (χ2n) is 9.60. The number of aryl methyl sites for hydroxylation is 1. The van der Waals surface area contributed by atoms with Gasteiger partial charge in [-0.25, -0.2) is 4.68 Å². The highest BCUT2D eigenvalue weighted by atomic mass is 16.3. The zero-order valence-corrected chi connectivity index (χ0v) is 22.0. The molecule has 2 heterocycles. The van der Waals surface area contributed by atoms with Crippen molar-refractivity contribution < 1.29 is 14.7 Å². The van der Waals surface area contributed by atoms with Gasteiger partial charge in [0.2, 0.25) is 11.8 Å². The van der Waals surface area contributed by atoms with Gasteiger partial charge < -0.3 is 16.2 Å². The maximum Gasteiger partial charge on any atom is 0.240 e. The normalized spacial score (nSPS) is 11.6. The summed E-state index contributed by atoms with van der Waals surface area (Å²) in [6.45, 7) is 5.98. The van der Waals surface area contributed by atoms with E-state index in [1.165, 1.54) is 12.1 Å². The fourth-order valence-corrected chi connectivity index (χ4v) is 4.30. The Morgan fingerprint density at radius 3 is 2.46 bits per heavy atom. The summed E-state index contributed by atoms with van der Waals surface area (Å²) in [6, 6.07) is 19.7. The summed E-state index contributed by atoms with van der Waals surface area (Å²) in [4.78, 5) is 28.7. The summed E-state index contributed by atoms with van der Waals surface area (Å²) in [5.74, 6) is -0.686. The van der Waals surface area contributed by atoms with E-state index in [2.05, 4.69) is 22.9 Å². The number of aromatic hydroxyl groups is 1. The molecule has 0 spiro atoms. The van der Waals surface area contributed by atoms with E-state index in [0.717, 1.165) is 45.8 Å². The van der Waals surface area contributed by atoms with Gasteiger partial charge in [-0.15, -0.1) is 0 Å². The van der Waals surface area contributed by atoms with Crippen LogP contribution in [0.1, 0.15) is 43.0 Å². The molecule has 1 atom stereocenters. The monoisotopic (exact) mass is 523 g/mol. The van der Waals surface area contributed by atoms with Gasteiger partial charge in [0.25, 0.3) is 0 Å². The molecule has 2 aromatic heterocycles. The first-order valence-corrected chi connectivity index (χ1v) is 12.9. The second kappa shape index (κ2) is 12.7. The molecule has 0 aliphatic carbocycles. The third-order valence-electron chi connectivity index (χ3n) is 6.46. The summed E-state index contributed by atoms with van der Waals surface area (Å²) < 4.78 is 1.92. The number of primary amides is 1. The van der Waals surface area contributed by atoms with Crippen molar-refractivity contribution in [2.24, 2.45) is 5.73 Å². The molecule has 39 heavy (non-hydrogen) atoms. The molecule has 8 nitrogen and oxygen atoms in total. The number of nitrogens with two attached hydrogens (primary N) is 1. The van der Waals surface area contributed by atoms with Gasteiger partial charge in [0, 0.05) is 30.8 Å². The van der Waals surface area contributed by atoms with Crippen molar-refractivity contribution in [1.82, 2.24) is 20.1 Å². The molecular weight excluding hydrogens is 490 g/mol. The van der Waals surface area contributed by atoms with Crippen LogP contribution in [0.25, 0.3) is 22.5 Å². The Labute approximate surface area is 228 Å². The van der Waals surface area contributed by atoms with Crippen LogP contribution in [0.2, 0.25) is 0 Å². The number of allylic oxidation sites excluding steroid dienone is 1. The molecule has 200 valence electrons. The highest BCUT2D eigenvalue weighted by molar-refractivity contribution is 5.86. The summed E-state index contributed by atoms with van der Waals surface area (Å²) in [6.07, 6.45) is 6.19. The average molecular weight is 524 g/mol. The fraction of sp³-hybridized carbons (Fsp3) is 0.226. The van der Waals surface area contributed by atoms with Gasteiger partial charge in [0.15, 0.2) is 0 Å². The van der Waals surface area contributed by atoms with E-state index in [4.69, 9.17) is 10.8 Å². The van der Waals surface area contributed by atoms with Gasteiger partial charge in [-0.05, 0) is 79.8 Å². The predicted octanol–water partition coefficient (Wildman–Crippen LogP) is 4.60. The first-order valence-electron chi connectivity index (χ1n) is 12.9. The van der Waals surface area contributed by atoms with E-state index in [1.807, 2.05) is 54.2 Å². The van der Waals surface area contributed by atoms with Crippen LogP contribution in [0, 0.1) is 0 Å². The van der Waals surface area contributed by atoms with E-state index >= 15 is 0 Å². The molecule has 4 rings (SSSR count). The molecule has 0 aliphatic heterocycles. The number of pyridine rings is 1. The Hall–Kier alpha value is -4.72. The first kappa shape index (κ1) is 27.3. The number of aromatic nitrogens is 3. The van der Waals surface area contributed by atoms with Crippen molar-refractivity contribution in [1.29, 1.82) is 0 Å².